The van der Waals surface area contributed by atoms with Gasteiger partial charge in [0.2, 0.25) is 0 Å². The van der Waals surface area contributed by atoms with Gasteiger partial charge in [0, 0.05) is 41.5 Å². The lowest BCUT2D eigenvalue weighted by Crippen LogP contribution is -2.25. The summed E-state index contributed by atoms with van der Waals surface area (Å²) in [6, 6.07) is 12.9. The molecule has 1 aromatic carbocycles. The number of amides is 1. The zero-order chi connectivity index (χ0) is 15.4. The second kappa shape index (κ2) is 6.62. The predicted octanol–water partition coefficient (Wildman–Crippen LogP) is 3.51. The molecule has 5 heteroatoms. The number of pyridine rings is 1. The van der Waals surface area contributed by atoms with E-state index >= 15 is 0 Å². The maximum absolute atomic E-state index is 12.0. The van der Waals surface area contributed by atoms with Gasteiger partial charge in [-0.05, 0) is 48.9 Å². The van der Waals surface area contributed by atoms with Gasteiger partial charge in [0.15, 0.2) is 0 Å². The third kappa shape index (κ3) is 3.28. The Morgan fingerprint density at radius 2 is 2.00 bits per heavy atom. The minimum atomic E-state index is -0.0767. The molecule has 0 saturated heterocycles. The van der Waals surface area contributed by atoms with Crippen LogP contribution >= 0.6 is 11.6 Å². The molecule has 0 radical (unpaired) electrons. The number of aryl methyl sites for hydroxylation is 1. The summed E-state index contributed by atoms with van der Waals surface area (Å²) in [4.78, 5) is 16.3. The highest BCUT2D eigenvalue weighted by atomic mass is 35.5. The number of carbonyl (C=O) groups is 1. The molecule has 0 aliphatic heterocycles. The van der Waals surface area contributed by atoms with Crippen molar-refractivity contribution in [3.8, 4) is 0 Å². The van der Waals surface area contributed by atoms with Gasteiger partial charge < -0.3 is 9.88 Å². The summed E-state index contributed by atoms with van der Waals surface area (Å²) in [6.45, 7) is 1.44. The Bertz CT molecular complexity index is 780. The zero-order valence-electron chi connectivity index (χ0n) is 12.0. The smallest absolute Gasteiger partial charge is 0.251 e. The average Bonchev–Trinajstić information content (AvgIpc) is 2.95. The van der Waals surface area contributed by atoms with E-state index in [0.717, 1.165) is 24.0 Å². The average molecular weight is 314 g/mol. The van der Waals surface area contributed by atoms with Crippen molar-refractivity contribution in [3.63, 3.8) is 0 Å². The lowest BCUT2D eigenvalue weighted by molar-refractivity contribution is 0.0953. The van der Waals surface area contributed by atoms with Gasteiger partial charge in [0.25, 0.3) is 5.91 Å². The molecular formula is C17H16ClN3O. The van der Waals surface area contributed by atoms with Crippen LogP contribution in [0.3, 0.4) is 0 Å². The molecule has 0 atom stereocenters. The maximum Gasteiger partial charge on any atom is 0.251 e. The molecule has 112 valence electrons. The van der Waals surface area contributed by atoms with Gasteiger partial charge in [-0.15, -0.1) is 0 Å². The fourth-order valence-corrected chi connectivity index (χ4v) is 2.48. The SMILES string of the molecule is O=C(NCCCn1ccc2cccnc21)c1ccc(Cl)cc1. The summed E-state index contributed by atoms with van der Waals surface area (Å²) in [5, 5.41) is 4.67. The van der Waals surface area contributed by atoms with Crippen molar-refractivity contribution in [3.05, 3.63) is 65.4 Å². The zero-order valence-corrected chi connectivity index (χ0v) is 12.8. The lowest BCUT2D eigenvalue weighted by atomic mass is 10.2. The molecule has 0 saturated carbocycles. The molecule has 2 aromatic heterocycles. The summed E-state index contributed by atoms with van der Waals surface area (Å²) >= 11 is 5.81. The van der Waals surface area contributed by atoms with E-state index in [2.05, 4.69) is 20.9 Å². The Hall–Kier alpha value is -2.33. The van der Waals surface area contributed by atoms with Crippen molar-refractivity contribution in [2.75, 3.05) is 6.54 Å². The number of nitrogens with one attached hydrogen (secondary N) is 1. The summed E-state index contributed by atoms with van der Waals surface area (Å²) in [7, 11) is 0. The number of rotatable bonds is 5. The number of hydrogen-bond acceptors (Lipinski definition) is 2. The van der Waals surface area contributed by atoms with Crippen LogP contribution < -0.4 is 5.32 Å². The normalized spacial score (nSPS) is 10.8. The fourth-order valence-electron chi connectivity index (χ4n) is 2.36. The van der Waals surface area contributed by atoms with E-state index in [1.807, 2.05) is 18.3 Å². The van der Waals surface area contributed by atoms with Crippen molar-refractivity contribution in [1.82, 2.24) is 14.9 Å². The first-order chi connectivity index (χ1) is 10.7. The predicted molar refractivity (Wildman–Crippen MR) is 88.1 cm³/mol. The van der Waals surface area contributed by atoms with Gasteiger partial charge in [-0.3, -0.25) is 4.79 Å². The Balaban J connectivity index is 1.51. The van der Waals surface area contributed by atoms with Crippen LogP contribution in [0.2, 0.25) is 5.02 Å². The Morgan fingerprint density at radius 1 is 1.18 bits per heavy atom. The van der Waals surface area contributed by atoms with Crippen LogP contribution in [0.4, 0.5) is 0 Å². The second-order valence-corrected chi connectivity index (χ2v) is 5.48. The minimum Gasteiger partial charge on any atom is -0.352 e. The molecule has 1 amide bonds. The number of benzene rings is 1. The Labute approximate surface area is 133 Å². The highest BCUT2D eigenvalue weighted by Gasteiger charge is 2.05. The highest BCUT2D eigenvalue weighted by molar-refractivity contribution is 6.30. The van der Waals surface area contributed by atoms with Crippen molar-refractivity contribution in [2.24, 2.45) is 0 Å². The number of aromatic nitrogens is 2. The van der Waals surface area contributed by atoms with Crippen LogP contribution in [-0.2, 0) is 6.54 Å². The Morgan fingerprint density at radius 3 is 2.82 bits per heavy atom. The van der Waals surface area contributed by atoms with Gasteiger partial charge in [0.05, 0.1) is 0 Å². The molecule has 0 aliphatic rings. The quantitative estimate of drug-likeness (QED) is 0.733. The fraction of sp³-hybridized carbons (Fsp3) is 0.176. The van der Waals surface area contributed by atoms with Crippen molar-refractivity contribution < 1.29 is 4.79 Å². The van der Waals surface area contributed by atoms with E-state index < -0.39 is 0 Å². The molecule has 0 aliphatic carbocycles. The number of carbonyl (C=O) groups excluding carboxylic acids is 1. The van der Waals surface area contributed by atoms with Crippen LogP contribution in [0.5, 0.6) is 0 Å². The molecule has 2 heterocycles. The maximum atomic E-state index is 12.0. The Kier molecular flexibility index (Phi) is 4.39. The summed E-state index contributed by atoms with van der Waals surface area (Å²) < 4.78 is 2.10. The highest BCUT2D eigenvalue weighted by Crippen LogP contribution is 2.12. The van der Waals surface area contributed by atoms with Gasteiger partial charge in [-0.1, -0.05) is 11.6 Å². The second-order valence-electron chi connectivity index (χ2n) is 5.04. The van der Waals surface area contributed by atoms with E-state index in [1.54, 1.807) is 30.5 Å². The van der Waals surface area contributed by atoms with Crippen LogP contribution in [0.25, 0.3) is 11.0 Å². The van der Waals surface area contributed by atoms with E-state index in [4.69, 9.17) is 11.6 Å². The van der Waals surface area contributed by atoms with Crippen molar-refractivity contribution in [2.45, 2.75) is 13.0 Å². The number of fused-ring (bicyclic) bond motifs is 1. The first-order valence-corrected chi connectivity index (χ1v) is 7.55. The van der Waals surface area contributed by atoms with Crippen LogP contribution in [-0.4, -0.2) is 22.0 Å². The van der Waals surface area contributed by atoms with Gasteiger partial charge in [0.1, 0.15) is 5.65 Å². The van der Waals surface area contributed by atoms with Gasteiger partial charge in [-0.25, -0.2) is 4.98 Å². The third-order valence-electron chi connectivity index (χ3n) is 3.49. The molecule has 4 nitrogen and oxygen atoms in total. The molecule has 0 spiro atoms. The molecule has 0 fully saturated rings. The first-order valence-electron chi connectivity index (χ1n) is 7.18. The van der Waals surface area contributed by atoms with Gasteiger partial charge in [-0.2, -0.15) is 0 Å². The largest absolute Gasteiger partial charge is 0.352 e. The standard InChI is InChI=1S/C17H16ClN3O/c18-15-6-4-14(5-7-15)17(22)20-10-2-11-21-12-8-13-3-1-9-19-16(13)21/h1,3-9,12H,2,10-11H2,(H,20,22). The number of hydrogen-bond donors (Lipinski definition) is 1. The van der Waals surface area contributed by atoms with Crippen LogP contribution in [0, 0.1) is 0 Å². The minimum absolute atomic E-state index is 0.0767. The molecule has 22 heavy (non-hydrogen) atoms. The van der Waals surface area contributed by atoms with Gasteiger partial charge >= 0.3 is 0 Å². The van der Waals surface area contributed by atoms with Crippen molar-refractivity contribution >= 4 is 28.5 Å². The van der Waals surface area contributed by atoms with Crippen molar-refractivity contribution in [1.29, 1.82) is 0 Å². The van der Waals surface area contributed by atoms with E-state index in [-0.39, 0.29) is 5.91 Å². The molecule has 3 rings (SSSR count). The van der Waals surface area contributed by atoms with E-state index in [0.29, 0.717) is 17.1 Å². The molecule has 0 bridgehead atoms. The molecule has 3 aromatic rings. The van der Waals surface area contributed by atoms with Crippen LogP contribution in [0.15, 0.2) is 54.9 Å². The van der Waals surface area contributed by atoms with Crippen LogP contribution in [0.1, 0.15) is 16.8 Å². The topological polar surface area (TPSA) is 46.9 Å². The van der Waals surface area contributed by atoms with E-state index in [1.165, 1.54) is 0 Å². The summed E-state index contributed by atoms with van der Waals surface area (Å²) in [5.41, 5.74) is 1.60. The molecule has 1 N–H and O–H groups in total. The summed E-state index contributed by atoms with van der Waals surface area (Å²) in [5.74, 6) is -0.0767. The third-order valence-corrected chi connectivity index (χ3v) is 3.74. The number of nitrogens with zero attached hydrogens (tertiary/aromatic N) is 2. The molecular weight excluding hydrogens is 298 g/mol. The summed E-state index contributed by atoms with van der Waals surface area (Å²) in [6.07, 6.45) is 4.67. The van der Waals surface area contributed by atoms with E-state index in [9.17, 15) is 4.79 Å². The monoisotopic (exact) mass is 313 g/mol. The first kappa shape index (κ1) is 14.6. The molecule has 0 unspecified atom stereocenters. The lowest BCUT2D eigenvalue weighted by Gasteiger charge is -2.07. The number of halogens is 1.